The molecule has 0 bridgehead atoms. The summed E-state index contributed by atoms with van der Waals surface area (Å²) in [6.07, 6.45) is 2.87. The maximum Gasteiger partial charge on any atom is 0.338 e. The molecule has 1 amide bonds. The van der Waals surface area contributed by atoms with Crippen molar-refractivity contribution in [3.63, 3.8) is 0 Å². The molecule has 2 aromatic carbocycles. The third-order valence-corrected chi connectivity index (χ3v) is 3.75. The van der Waals surface area contributed by atoms with Gasteiger partial charge in [0, 0.05) is 5.02 Å². The summed E-state index contributed by atoms with van der Waals surface area (Å²) in [5.41, 5.74) is 2.43. The zero-order valence-corrected chi connectivity index (χ0v) is 14.6. The number of halogens is 1. The predicted molar refractivity (Wildman–Crippen MR) is 96.5 cm³/mol. The Hall–Kier alpha value is -3.19. The van der Waals surface area contributed by atoms with E-state index in [0.29, 0.717) is 22.0 Å². The highest BCUT2D eigenvalue weighted by molar-refractivity contribution is 6.31. The van der Waals surface area contributed by atoms with Crippen LogP contribution in [0, 0.1) is 6.92 Å². The normalized spacial score (nSPS) is 10.4. The van der Waals surface area contributed by atoms with E-state index in [4.69, 9.17) is 16.3 Å². The Morgan fingerprint density at radius 2 is 1.96 bits per heavy atom. The predicted octanol–water partition coefficient (Wildman–Crippen LogP) is 3.02. The van der Waals surface area contributed by atoms with Crippen LogP contribution in [0.4, 0.5) is 5.69 Å². The van der Waals surface area contributed by atoms with Crippen molar-refractivity contribution in [1.29, 1.82) is 0 Å². The molecule has 0 atom stereocenters. The first-order valence-corrected chi connectivity index (χ1v) is 8.09. The number of rotatable bonds is 5. The van der Waals surface area contributed by atoms with Crippen molar-refractivity contribution < 1.29 is 14.3 Å². The van der Waals surface area contributed by atoms with Crippen LogP contribution in [0.1, 0.15) is 15.9 Å². The van der Waals surface area contributed by atoms with Gasteiger partial charge in [0.15, 0.2) is 6.61 Å². The van der Waals surface area contributed by atoms with Gasteiger partial charge in [-0.1, -0.05) is 29.3 Å². The van der Waals surface area contributed by atoms with Gasteiger partial charge in [0.05, 0.1) is 16.9 Å². The van der Waals surface area contributed by atoms with E-state index in [1.807, 2.05) is 6.92 Å². The standard InChI is InChI=1S/C18H15ClN4O3/c1-12-2-4-13(5-3-12)18(25)26-9-17(24)22-15-8-14(19)6-7-16(15)23-11-20-10-21-23/h2-8,10-11H,9H2,1H3,(H,22,24). The zero-order valence-electron chi connectivity index (χ0n) is 13.8. The molecule has 26 heavy (non-hydrogen) atoms. The summed E-state index contributed by atoms with van der Waals surface area (Å²) in [7, 11) is 0. The van der Waals surface area contributed by atoms with Gasteiger partial charge in [0.2, 0.25) is 0 Å². The van der Waals surface area contributed by atoms with Crippen molar-refractivity contribution in [3.8, 4) is 5.69 Å². The van der Waals surface area contributed by atoms with Crippen LogP contribution in [0.25, 0.3) is 5.69 Å². The van der Waals surface area contributed by atoms with E-state index in [9.17, 15) is 9.59 Å². The lowest BCUT2D eigenvalue weighted by molar-refractivity contribution is -0.119. The number of nitrogens with zero attached hydrogens (tertiary/aromatic N) is 3. The highest BCUT2D eigenvalue weighted by Gasteiger charge is 2.13. The lowest BCUT2D eigenvalue weighted by atomic mass is 10.1. The van der Waals surface area contributed by atoms with E-state index in [-0.39, 0.29) is 0 Å². The fourth-order valence-electron chi connectivity index (χ4n) is 2.23. The molecule has 0 saturated heterocycles. The molecular formula is C18H15ClN4O3. The van der Waals surface area contributed by atoms with Crippen molar-refractivity contribution in [1.82, 2.24) is 14.8 Å². The first-order valence-electron chi connectivity index (χ1n) is 7.71. The number of amides is 1. The molecule has 7 nitrogen and oxygen atoms in total. The number of esters is 1. The SMILES string of the molecule is Cc1ccc(C(=O)OCC(=O)Nc2cc(Cl)ccc2-n2cncn2)cc1. The summed E-state index contributed by atoms with van der Waals surface area (Å²) in [6.45, 7) is 1.50. The molecule has 3 aromatic rings. The maximum atomic E-state index is 12.2. The second-order valence-corrected chi connectivity index (χ2v) is 5.93. The minimum absolute atomic E-state index is 0.384. The van der Waals surface area contributed by atoms with Crippen molar-refractivity contribution in [2.24, 2.45) is 0 Å². The van der Waals surface area contributed by atoms with Crippen molar-refractivity contribution in [3.05, 3.63) is 71.3 Å². The average molecular weight is 371 g/mol. The van der Waals surface area contributed by atoms with Crippen LogP contribution in [-0.4, -0.2) is 33.2 Å². The Labute approximate surface area is 154 Å². The molecule has 132 valence electrons. The molecular weight excluding hydrogens is 356 g/mol. The number of carbonyl (C=O) groups excluding carboxylic acids is 2. The minimum atomic E-state index is -0.567. The number of aromatic nitrogens is 3. The van der Waals surface area contributed by atoms with Gasteiger partial charge in [-0.2, -0.15) is 5.10 Å². The Bertz CT molecular complexity index is 924. The number of hydrogen-bond donors (Lipinski definition) is 1. The first-order chi connectivity index (χ1) is 12.5. The number of carbonyl (C=O) groups is 2. The van der Waals surface area contributed by atoms with E-state index in [1.54, 1.807) is 42.5 Å². The second kappa shape index (κ2) is 7.79. The molecule has 0 saturated carbocycles. The molecule has 0 aliphatic heterocycles. The van der Waals surface area contributed by atoms with Crippen molar-refractivity contribution in [2.75, 3.05) is 11.9 Å². The largest absolute Gasteiger partial charge is 0.452 e. The van der Waals surface area contributed by atoms with Gasteiger partial charge in [-0.15, -0.1) is 0 Å². The van der Waals surface area contributed by atoms with Gasteiger partial charge in [0.1, 0.15) is 12.7 Å². The summed E-state index contributed by atoms with van der Waals surface area (Å²) >= 11 is 6.00. The van der Waals surface area contributed by atoms with Crippen molar-refractivity contribution >= 4 is 29.2 Å². The maximum absolute atomic E-state index is 12.2. The lowest BCUT2D eigenvalue weighted by Crippen LogP contribution is -2.21. The third kappa shape index (κ3) is 4.25. The summed E-state index contributed by atoms with van der Waals surface area (Å²) < 4.78 is 6.53. The van der Waals surface area contributed by atoms with Crippen LogP contribution in [0.15, 0.2) is 55.1 Å². The minimum Gasteiger partial charge on any atom is -0.452 e. The van der Waals surface area contributed by atoms with Crippen LogP contribution < -0.4 is 5.32 Å². The monoisotopic (exact) mass is 370 g/mol. The van der Waals surface area contributed by atoms with Gasteiger partial charge in [0.25, 0.3) is 5.91 Å². The van der Waals surface area contributed by atoms with Crippen LogP contribution >= 0.6 is 11.6 Å². The van der Waals surface area contributed by atoms with E-state index >= 15 is 0 Å². The molecule has 0 fully saturated rings. The highest BCUT2D eigenvalue weighted by Crippen LogP contribution is 2.23. The number of nitrogens with one attached hydrogen (secondary N) is 1. The molecule has 1 N–H and O–H groups in total. The summed E-state index contributed by atoms with van der Waals surface area (Å²) in [5.74, 6) is -1.06. The molecule has 1 heterocycles. The van der Waals surface area contributed by atoms with Gasteiger partial charge >= 0.3 is 5.97 Å². The highest BCUT2D eigenvalue weighted by atomic mass is 35.5. The smallest absolute Gasteiger partial charge is 0.338 e. The Morgan fingerprint density at radius 1 is 1.19 bits per heavy atom. The fourth-order valence-corrected chi connectivity index (χ4v) is 2.40. The average Bonchev–Trinajstić information content (AvgIpc) is 3.15. The van der Waals surface area contributed by atoms with Gasteiger partial charge < -0.3 is 10.1 Å². The molecule has 0 radical (unpaired) electrons. The molecule has 0 aliphatic carbocycles. The summed E-state index contributed by atoms with van der Waals surface area (Å²) in [4.78, 5) is 28.0. The molecule has 8 heteroatoms. The molecule has 0 aliphatic rings. The fraction of sp³-hybridized carbons (Fsp3) is 0.111. The number of aryl methyl sites for hydroxylation is 1. The summed E-state index contributed by atoms with van der Waals surface area (Å²) in [5, 5.41) is 7.14. The van der Waals surface area contributed by atoms with E-state index in [1.165, 1.54) is 17.3 Å². The van der Waals surface area contributed by atoms with Crippen LogP contribution in [0.5, 0.6) is 0 Å². The van der Waals surface area contributed by atoms with Crippen LogP contribution in [-0.2, 0) is 9.53 Å². The van der Waals surface area contributed by atoms with Crippen molar-refractivity contribution in [2.45, 2.75) is 6.92 Å². The van der Waals surface area contributed by atoms with E-state index in [2.05, 4.69) is 15.4 Å². The number of ether oxygens (including phenoxy) is 1. The quantitative estimate of drug-likeness (QED) is 0.698. The van der Waals surface area contributed by atoms with Gasteiger partial charge in [-0.25, -0.2) is 14.5 Å². The summed E-state index contributed by atoms with van der Waals surface area (Å²) in [6, 6.07) is 11.8. The molecule has 0 unspecified atom stereocenters. The number of benzene rings is 2. The number of anilines is 1. The topological polar surface area (TPSA) is 86.1 Å². The second-order valence-electron chi connectivity index (χ2n) is 5.49. The first kappa shape index (κ1) is 17.6. The van der Waals surface area contributed by atoms with E-state index < -0.39 is 18.5 Å². The van der Waals surface area contributed by atoms with Gasteiger partial charge in [-0.3, -0.25) is 4.79 Å². The lowest BCUT2D eigenvalue weighted by Gasteiger charge is -2.11. The van der Waals surface area contributed by atoms with E-state index in [0.717, 1.165) is 5.56 Å². The Kier molecular flexibility index (Phi) is 5.28. The van der Waals surface area contributed by atoms with Gasteiger partial charge in [-0.05, 0) is 37.3 Å². The zero-order chi connectivity index (χ0) is 18.5. The van der Waals surface area contributed by atoms with Crippen LogP contribution in [0.2, 0.25) is 5.02 Å². The molecule has 3 rings (SSSR count). The Balaban J connectivity index is 1.66. The Morgan fingerprint density at radius 3 is 2.65 bits per heavy atom. The third-order valence-electron chi connectivity index (χ3n) is 3.52. The molecule has 1 aromatic heterocycles. The molecule has 0 spiro atoms. The number of hydrogen-bond acceptors (Lipinski definition) is 5. The van der Waals surface area contributed by atoms with Crippen LogP contribution in [0.3, 0.4) is 0 Å².